The summed E-state index contributed by atoms with van der Waals surface area (Å²) in [7, 11) is -5.29. The van der Waals surface area contributed by atoms with Crippen LogP contribution in [0.2, 0.25) is 5.02 Å². The molecular formula is C29H28ClN3O7S2. The van der Waals surface area contributed by atoms with Gasteiger partial charge in [0.25, 0.3) is 20.0 Å². The number of carbonyl (C=O) groups is 1. The molecular weight excluding hydrogens is 602 g/mol. The summed E-state index contributed by atoms with van der Waals surface area (Å²) in [6.45, 7) is 1.21. The monoisotopic (exact) mass is 629 g/mol. The molecule has 0 spiro atoms. The SMILES string of the molecule is COc1ccc(OC)c(NS(=O)(=O)c2ccc(NC(=O)CN(c3ccccc3C)S(=O)(=O)c3ccc(Cl)cc3)cc2)c1. The Morgan fingerprint density at radius 1 is 0.833 bits per heavy atom. The molecule has 0 fully saturated rings. The molecule has 4 aromatic carbocycles. The van der Waals surface area contributed by atoms with Gasteiger partial charge < -0.3 is 14.8 Å². The van der Waals surface area contributed by atoms with Crippen molar-refractivity contribution in [1.82, 2.24) is 0 Å². The van der Waals surface area contributed by atoms with E-state index in [1.807, 2.05) is 0 Å². The third-order valence-corrected chi connectivity index (χ3v) is 9.58. The quantitative estimate of drug-likeness (QED) is 0.230. The van der Waals surface area contributed by atoms with Crippen molar-refractivity contribution in [2.45, 2.75) is 16.7 Å². The summed E-state index contributed by atoms with van der Waals surface area (Å²) < 4.78 is 67.1. The number of para-hydroxylation sites is 1. The number of nitrogens with zero attached hydrogens (tertiary/aromatic N) is 1. The minimum Gasteiger partial charge on any atom is -0.497 e. The number of benzene rings is 4. The summed E-state index contributed by atoms with van der Waals surface area (Å²) in [5, 5.41) is 3.01. The minimum atomic E-state index is -4.14. The van der Waals surface area contributed by atoms with Gasteiger partial charge in [0.1, 0.15) is 18.0 Å². The topological polar surface area (TPSA) is 131 Å². The second-order valence-electron chi connectivity index (χ2n) is 9.00. The van der Waals surface area contributed by atoms with Crippen molar-refractivity contribution >= 4 is 54.6 Å². The van der Waals surface area contributed by atoms with Crippen LogP contribution in [0.25, 0.3) is 0 Å². The molecule has 0 heterocycles. The highest BCUT2D eigenvalue weighted by molar-refractivity contribution is 7.93. The first kappa shape index (κ1) is 30.7. The maximum absolute atomic E-state index is 13.6. The van der Waals surface area contributed by atoms with Crippen LogP contribution in [0, 0.1) is 6.92 Å². The standard InChI is InChI=1S/C29H28ClN3O7S2/c1-20-6-4-5-7-27(20)33(42(37,38)25-13-8-21(30)9-14-25)19-29(34)31-22-10-15-24(16-11-22)41(35,36)32-26-18-23(39-2)12-17-28(26)40-3/h4-18,32H,19H2,1-3H3,(H,31,34). The van der Waals surface area contributed by atoms with E-state index < -0.39 is 32.5 Å². The number of sulfonamides is 2. The molecule has 0 aliphatic rings. The molecule has 1 amide bonds. The van der Waals surface area contributed by atoms with Gasteiger partial charge in [-0.25, -0.2) is 16.8 Å². The Bertz CT molecular complexity index is 1800. The van der Waals surface area contributed by atoms with Gasteiger partial charge in [0.05, 0.1) is 35.4 Å². The number of ether oxygens (including phenoxy) is 2. The zero-order valence-electron chi connectivity index (χ0n) is 22.9. The lowest BCUT2D eigenvalue weighted by Gasteiger charge is -2.25. The summed E-state index contributed by atoms with van der Waals surface area (Å²) in [5.41, 5.74) is 1.44. The van der Waals surface area contributed by atoms with Crippen molar-refractivity contribution in [3.63, 3.8) is 0 Å². The van der Waals surface area contributed by atoms with E-state index in [2.05, 4.69) is 10.0 Å². The molecule has 0 atom stereocenters. The summed E-state index contributed by atoms with van der Waals surface area (Å²) in [6, 6.07) is 22.6. The number of hydrogen-bond donors (Lipinski definition) is 2. The largest absolute Gasteiger partial charge is 0.497 e. The fraction of sp³-hybridized carbons (Fsp3) is 0.138. The van der Waals surface area contributed by atoms with Crippen LogP contribution in [-0.4, -0.2) is 43.5 Å². The van der Waals surface area contributed by atoms with Gasteiger partial charge in [-0.1, -0.05) is 29.8 Å². The second kappa shape index (κ2) is 12.7. The van der Waals surface area contributed by atoms with Crippen molar-refractivity contribution in [1.29, 1.82) is 0 Å². The van der Waals surface area contributed by atoms with Crippen molar-refractivity contribution < 1.29 is 31.1 Å². The van der Waals surface area contributed by atoms with Crippen molar-refractivity contribution in [3.05, 3.63) is 102 Å². The first-order valence-electron chi connectivity index (χ1n) is 12.4. The number of nitrogens with one attached hydrogen (secondary N) is 2. The fourth-order valence-electron chi connectivity index (χ4n) is 4.02. The molecule has 42 heavy (non-hydrogen) atoms. The number of amides is 1. The van der Waals surface area contributed by atoms with E-state index >= 15 is 0 Å². The number of anilines is 3. The van der Waals surface area contributed by atoms with Gasteiger partial charge in [-0.2, -0.15) is 0 Å². The molecule has 0 unspecified atom stereocenters. The van der Waals surface area contributed by atoms with E-state index in [0.29, 0.717) is 27.8 Å². The highest BCUT2D eigenvalue weighted by Crippen LogP contribution is 2.31. The average Bonchev–Trinajstić information content (AvgIpc) is 2.96. The van der Waals surface area contributed by atoms with E-state index in [1.54, 1.807) is 43.3 Å². The summed E-state index contributed by atoms with van der Waals surface area (Å²) in [6.07, 6.45) is 0. The number of methoxy groups -OCH3 is 2. The number of halogens is 1. The van der Waals surface area contributed by atoms with E-state index in [1.165, 1.54) is 68.8 Å². The van der Waals surface area contributed by atoms with Gasteiger partial charge in [0.15, 0.2) is 0 Å². The second-order valence-corrected chi connectivity index (χ2v) is 13.0. The van der Waals surface area contributed by atoms with Gasteiger partial charge in [-0.3, -0.25) is 13.8 Å². The molecule has 0 saturated heterocycles. The van der Waals surface area contributed by atoms with E-state index in [-0.39, 0.29) is 21.2 Å². The Kier molecular flexibility index (Phi) is 9.30. The average molecular weight is 630 g/mol. The van der Waals surface area contributed by atoms with E-state index in [4.69, 9.17) is 21.1 Å². The Morgan fingerprint density at radius 2 is 1.48 bits per heavy atom. The van der Waals surface area contributed by atoms with Crippen LogP contribution < -0.4 is 23.8 Å². The Morgan fingerprint density at radius 3 is 2.10 bits per heavy atom. The molecule has 0 aliphatic heterocycles. The van der Waals surface area contributed by atoms with Gasteiger partial charge in [-0.15, -0.1) is 0 Å². The smallest absolute Gasteiger partial charge is 0.264 e. The first-order valence-corrected chi connectivity index (χ1v) is 15.7. The van der Waals surface area contributed by atoms with Crippen LogP contribution in [0.5, 0.6) is 11.5 Å². The normalized spacial score (nSPS) is 11.4. The maximum atomic E-state index is 13.6. The Hall–Kier alpha value is -4.26. The van der Waals surface area contributed by atoms with Crippen LogP contribution in [0.3, 0.4) is 0 Å². The van der Waals surface area contributed by atoms with Crippen LogP contribution in [0.15, 0.2) is 101 Å². The Labute approximate surface area is 250 Å². The van der Waals surface area contributed by atoms with Gasteiger partial charge in [0.2, 0.25) is 5.91 Å². The molecule has 4 rings (SSSR count). The summed E-state index contributed by atoms with van der Waals surface area (Å²) >= 11 is 5.94. The third-order valence-electron chi connectivity index (χ3n) is 6.17. The number of aryl methyl sites for hydroxylation is 1. The molecule has 0 aromatic heterocycles. The molecule has 2 N–H and O–H groups in total. The number of carbonyl (C=O) groups excluding carboxylic acids is 1. The fourth-order valence-corrected chi connectivity index (χ4v) is 6.70. The molecule has 0 bridgehead atoms. The van der Waals surface area contributed by atoms with Crippen LogP contribution in [0.1, 0.15) is 5.56 Å². The van der Waals surface area contributed by atoms with Gasteiger partial charge in [-0.05, 0) is 79.2 Å². The molecule has 0 aliphatic carbocycles. The van der Waals surface area contributed by atoms with Gasteiger partial charge >= 0.3 is 0 Å². The predicted octanol–water partition coefficient (Wildman–Crippen LogP) is 5.30. The maximum Gasteiger partial charge on any atom is 0.264 e. The van der Waals surface area contributed by atoms with Gasteiger partial charge in [0, 0.05) is 16.8 Å². The van der Waals surface area contributed by atoms with Crippen LogP contribution in [0.4, 0.5) is 17.1 Å². The van der Waals surface area contributed by atoms with Crippen molar-refractivity contribution in [2.75, 3.05) is 35.1 Å². The summed E-state index contributed by atoms with van der Waals surface area (Å²) in [4.78, 5) is 13.0. The predicted molar refractivity (Wildman–Crippen MR) is 163 cm³/mol. The molecule has 0 radical (unpaired) electrons. The molecule has 13 heteroatoms. The lowest BCUT2D eigenvalue weighted by Crippen LogP contribution is -2.38. The minimum absolute atomic E-state index is 0.0299. The first-order chi connectivity index (χ1) is 19.9. The van der Waals surface area contributed by atoms with E-state index in [9.17, 15) is 21.6 Å². The molecule has 10 nitrogen and oxygen atoms in total. The van der Waals surface area contributed by atoms with Crippen LogP contribution >= 0.6 is 11.6 Å². The lowest BCUT2D eigenvalue weighted by molar-refractivity contribution is -0.114. The molecule has 220 valence electrons. The third kappa shape index (κ3) is 6.96. The Balaban J connectivity index is 1.54. The molecule has 4 aromatic rings. The van der Waals surface area contributed by atoms with Crippen LogP contribution in [-0.2, 0) is 24.8 Å². The highest BCUT2D eigenvalue weighted by atomic mass is 35.5. The summed E-state index contributed by atoms with van der Waals surface area (Å²) in [5.74, 6) is 0.102. The highest BCUT2D eigenvalue weighted by Gasteiger charge is 2.28. The van der Waals surface area contributed by atoms with Crippen molar-refractivity contribution in [3.8, 4) is 11.5 Å². The lowest BCUT2D eigenvalue weighted by atomic mass is 10.2. The number of hydrogen-bond acceptors (Lipinski definition) is 7. The zero-order chi connectivity index (χ0) is 30.5. The van der Waals surface area contributed by atoms with E-state index in [0.717, 1.165) is 4.31 Å². The zero-order valence-corrected chi connectivity index (χ0v) is 25.3. The molecule has 0 saturated carbocycles. The number of rotatable bonds is 11. The van der Waals surface area contributed by atoms with Crippen molar-refractivity contribution in [2.24, 2.45) is 0 Å².